The van der Waals surface area contributed by atoms with Gasteiger partial charge in [-0.15, -0.1) is 23.4 Å². The summed E-state index contributed by atoms with van der Waals surface area (Å²) >= 11 is 7.33. The van der Waals surface area contributed by atoms with Crippen molar-refractivity contribution in [3.05, 3.63) is 29.8 Å². The van der Waals surface area contributed by atoms with E-state index in [4.69, 9.17) is 11.6 Å². The van der Waals surface area contributed by atoms with Gasteiger partial charge in [-0.3, -0.25) is 4.79 Å². The van der Waals surface area contributed by atoms with Crippen molar-refractivity contribution in [2.24, 2.45) is 0 Å². The summed E-state index contributed by atoms with van der Waals surface area (Å²) in [7, 11) is 0. The molecule has 0 spiro atoms. The third-order valence-corrected chi connectivity index (χ3v) is 3.19. The van der Waals surface area contributed by atoms with Gasteiger partial charge in [0.1, 0.15) is 0 Å². The van der Waals surface area contributed by atoms with Crippen molar-refractivity contribution in [2.75, 3.05) is 11.6 Å². The molecule has 0 radical (unpaired) electrons. The van der Waals surface area contributed by atoms with Crippen molar-refractivity contribution in [1.29, 1.82) is 0 Å². The summed E-state index contributed by atoms with van der Waals surface area (Å²) in [5.41, 5.74) is 0.792. The molecule has 0 fully saturated rings. The number of Topliss-reactive ketones (excluding diaryl/α,β-unsaturated/α-hetero) is 1. The van der Waals surface area contributed by atoms with Crippen LogP contribution in [0.4, 0.5) is 0 Å². The van der Waals surface area contributed by atoms with Gasteiger partial charge in [-0.25, -0.2) is 0 Å². The van der Waals surface area contributed by atoms with Crippen LogP contribution in [0.3, 0.4) is 0 Å². The van der Waals surface area contributed by atoms with Gasteiger partial charge in [0.2, 0.25) is 0 Å². The van der Waals surface area contributed by atoms with Gasteiger partial charge in [-0.2, -0.15) is 0 Å². The van der Waals surface area contributed by atoms with E-state index in [9.17, 15) is 4.79 Å². The smallest absolute Gasteiger partial charge is 0.162 e. The zero-order valence-corrected chi connectivity index (χ0v) is 10.4. The monoisotopic (exact) mass is 242 g/mol. The summed E-state index contributed by atoms with van der Waals surface area (Å²) < 4.78 is 0. The van der Waals surface area contributed by atoms with Crippen molar-refractivity contribution in [1.82, 2.24) is 0 Å². The number of halogens is 1. The largest absolute Gasteiger partial charge is 0.294 e. The van der Waals surface area contributed by atoms with Crippen molar-refractivity contribution in [3.8, 4) is 0 Å². The molecule has 0 aliphatic heterocycles. The molecular formula is C12H15ClOS. The molecule has 0 atom stereocenters. The molecular weight excluding hydrogens is 228 g/mol. The highest BCUT2D eigenvalue weighted by molar-refractivity contribution is 7.99. The van der Waals surface area contributed by atoms with E-state index < -0.39 is 0 Å². The van der Waals surface area contributed by atoms with E-state index in [1.807, 2.05) is 24.3 Å². The van der Waals surface area contributed by atoms with Crippen molar-refractivity contribution in [3.63, 3.8) is 0 Å². The molecule has 15 heavy (non-hydrogen) atoms. The third kappa shape index (κ3) is 4.27. The quantitative estimate of drug-likeness (QED) is 0.426. The highest BCUT2D eigenvalue weighted by Crippen LogP contribution is 2.18. The normalized spacial score (nSPS) is 10.3. The first-order valence-corrected chi connectivity index (χ1v) is 6.62. The second-order valence-corrected chi connectivity index (χ2v) is 4.89. The van der Waals surface area contributed by atoms with E-state index in [1.54, 1.807) is 11.8 Å². The van der Waals surface area contributed by atoms with Crippen LogP contribution in [-0.2, 0) is 0 Å². The number of ketones is 1. The fraction of sp³-hybridized carbons (Fsp3) is 0.417. The van der Waals surface area contributed by atoms with Gasteiger partial charge >= 0.3 is 0 Å². The predicted molar refractivity (Wildman–Crippen MR) is 67.1 cm³/mol. The minimum atomic E-state index is 0.184. The van der Waals surface area contributed by atoms with E-state index in [1.165, 1.54) is 4.90 Å². The van der Waals surface area contributed by atoms with Crippen LogP contribution in [0, 0.1) is 0 Å². The Morgan fingerprint density at radius 2 is 2.00 bits per heavy atom. The Balaban J connectivity index is 2.58. The zero-order chi connectivity index (χ0) is 11.1. The molecule has 1 aromatic carbocycles. The average molecular weight is 243 g/mol. The Bertz CT molecular complexity index is 308. The lowest BCUT2D eigenvalue weighted by Crippen LogP contribution is -1.98. The number of hydrogen-bond acceptors (Lipinski definition) is 2. The number of benzene rings is 1. The van der Waals surface area contributed by atoms with Crippen LogP contribution >= 0.6 is 23.4 Å². The standard InChI is InChI=1S/C12H15ClOS/c1-2-15-11-7-5-10(6-8-11)12(14)4-3-9-13/h5-8H,2-4,9H2,1H3. The maximum Gasteiger partial charge on any atom is 0.162 e. The number of thioether (sulfide) groups is 1. The number of hydrogen-bond donors (Lipinski definition) is 0. The van der Waals surface area contributed by atoms with Crippen LogP contribution in [-0.4, -0.2) is 17.4 Å². The molecule has 0 heterocycles. The highest BCUT2D eigenvalue weighted by Gasteiger charge is 2.04. The molecule has 0 aliphatic rings. The average Bonchev–Trinajstić information content (AvgIpc) is 2.27. The molecule has 0 saturated heterocycles. The Hall–Kier alpha value is -0.470. The lowest BCUT2D eigenvalue weighted by molar-refractivity contribution is 0.0982. The van der Waals surface area contributed by atoms with E-state index >= 15 is 0 Å². The number of carbonyl (C=O) groups is 1. The highest BCUT2D eigenvalue weighted by atomic mass is 35.5. The second-order valence-electron chi connectivity index (χ2n) is 3.17. The van der Waals surface area contributed by atoms with E-state index in [0.717, 1.165) is 17.7 Å². The fourth-order valence-corrected chi connectivity index (χ4v) is 2.07. The Morgan fingerprint density at radius 3 is 2.53 bits per heavy atom. The first-order valence-electron chi connectivity index (χ1n) is 5.10. The van der Waals surface area contributed by atoms with E-state index in [0.29, 0.717) is 12.3 Å². The molecule has 1 rings (SSSR count). The Labute approximate surface area is 100 Å². The molecule has 0 aromatic heterocycles. The number of alkyl halides is 1. The molecule has 0 bridgehead atoms. The molecule has 0 amide bonds. The Morgan fingerprint density at radius 1 is 1.33 bits per heavy atom. The zero-order valence-electron chi connectivity index (χ0n) is 8.83. The molecule has 0 saturated carbocycles. The minimum absolute atomic E-state index is 0.184. The number of carbonyl (C=O) groups excluding carboxylic acids is 1. The van der Waals surface area contributed by atoms with Gasteiger partial charge < -0.3 is 0 Å². The summed E-state index contributed by atoms with van der Waals surface area (Å²) in [5.74, 6) is 1.79. The molecule has 0 aliphatic carbocycles. The molecule has 0 unspecified atom stereocenters. The molecule has 82 valence electrons. The second kappa shape index (κ2) is 6.91. The molecule has 3 heteroatoms. The first kappa shape index (κ1) is 12.6. The van der Waals surface area contributed by atoms with Gasteiger partial charge in [-0.05, 0) is 24.3 Å². The van der Waals surface area contributed by atoms with Crippen LogP contribution < -0.4 is 0 Å². The van der Waals surface area contributed by atoms with Crippen molar-refractivity contribution in [2.45, 2.75) is 24.7 Å². The Kier molecular flexibility index (Phi) is 5.81. The molecule has 1 aromatic rings. The van der Waals surface area contributed by atoms with E-state index in [-0.39, 0.29) is 5.78 Å². The summed E-state index contributed by atoms with van der Waals surface area (Å²) in [6.07, 6.45) is 1.30. The summed E-state index contributed by atoms with van der Waals surface area (Å²) in [6.45, 7) is 2.12. The van der Waals surface area contributed by atoms with Gasteiger partial charge in [-0.1, -0.05) is 19.1 Å². The maximum atomic E-state index is 11.6. The van der Waals surface area contributed by atoms with Crippen LogP contribution in [0.1, 0.15) is 30.1 Å². The lowest BCUT2D eigenvalue weighted by atomic mass is 10.1. The topological polar surface area (TPSA) is 17.1 Å². The summed E-state index contributed by atoms with van der Waals surface area (Å²) in [6, 6.07) is 7.80. The van der Waals surface area contributed by atoms with Crippen LogP contribution in [0.2, 0.25) is 0 Å². The van der Waals surface area contributed by atoms with E-state index in [2.05, 4.69) is 6.92 Å². The van der Waals surface area contributed by atoms with Crippen LogP contribution in [0.15, 0.2) is 29.2 Å². The SMILES string of the molecule is CCSc1ccc(C(=O)CCCCl)cc1. The van der Waals surface area contributed by atoms with Gasteiger partial charge in [0, 0.05) is 22.8 Å². The lowest BCUT2D eigenvalue weighted by Gasteiger charge is -2.01. The molecule has 1 nitrogen and oxygen atoms in total. The maximum absolute atomic E-state index is 11.6. The predicted octanol–water partition coefficient (Wildman–Crippen LogP) is 4.00. The molecule has 0 N–H and O–H groups in total. The number of rotatable bonds is 6. The van der Waals surface area contributed by atoms with Crippen molar-refractivity contribution >= 4 is 29.1 Å². The van der Waals surface area contributed by atoms with Crippen molar-refractivity contribution < 1.29 is 4.79 Å². The third-order valence-electron chi connectivity index (χ3n) is 2.02. The minimum Gasteiger partial charge on any atom is -0.294 e. The summed E-state index contributed by atoms with van der Waals surface area (Å²) in [4.78, 5) is 12.8. The fourth-order valence-electron chi connectivity index (χ4n) is 1.28. The van der Waals surface area contributed by atoms with Gasteiger partial charge in [0.25, 0.3) is 0 Å². The first-order chi connectivity index (χ1) is 7.27. The van der Waals surface area contributed by atoms with Gasteiger partial charge in [0.15, 0.2) is 5.78 Å². The summed E-state index contributed by atoms with van der Waals surface area (Å²) in [5, 5.41) is 0. The van der Waals surface area contributed by atoms with Crippen LogP contribution in [0.5, 0.6) is 0 Å². The van der Waals surface area contributed by atoms with Gasteiger partial charge in [0.05, 0.1) is 0 Å². The van der Waals surface area contributed by atoms with Crippen LogP contribution in [0.25, 0.3) is 0 Å².